The minimum absolute atomic E-state index is 0.143. The van der Waals surface area contributed by atoms with Crippen LogP contribution in [0.15, 0.2) is 52.9 Å². The van der Waals surface area contributed by atoms with Gasteiger partial charge in [-0.3, -0.25) is 4.79 Å². The molecule has 0 radical (unpaired) electrons. The highest BCUT2D eigenvalue weighted by atomic mass is 127. The lowest BCUT2D eigenvalue weighted by molar-refractivity contribution is 0.0992. The van der Waals surface area contributed by atoms with Crippen LogP contribution in [0.4, 0.5) is 5.69 Å². The number of phenols is 1. The molecule has 3 aromatic rings. The molecule has 0 saturated carbocycles. The molecule has 1 amide bonds. The minimum Gasteiger partial charge on any atom is -0.508 e. The van der Waals surface area contributed by atoms with Gasteiger partial charge in [0.1, 0.15) is 23.9 Å². The Morgan fingerprint density at radius 1 is 1.18 bits per heavy atom. The summed E-state index contributed by atoms with van der Waals surface area (Å²) in [6.45, 7) is 6.05. The van der Waals surface area contributed by atoms with Crippen LogP contribution in [0.25, 0.3) is 0 Å². The van der Waals surface area contributed by atoms with Crippen LogP contribution in [0, 0.1) is 10.5 Å². The Morgan fingerprint density at radius 2 is 1.89 bits per heavy atom. The maximum atomic E-state index is 12.5. The Bertz CT molecular complexity index is 977. The molecule has 3 rings (SSSR count). The number of hydrogen-bond acceptors (Lipinski definition) is 4. The number of ether oxygens (including phenoxy) is 1. The van der Waals surface area contributed by atoms with E-state index in [0.717, 1.165) is 20.4 Å². The molecule has 0 atom stereocenters. The fourth-order valence-corrected chi connectivity index (χ4v) is 3.11. The molecule has 0 aliphatic heterocycles. The molecule has 1 heterocycles. The van der Waals surface area contributed by atoms with Gasteiger partial charge in [-0.1, -0.05) is 13.8 Å². The van der Waals surface area contributed by atoms with Crippen LogP contribution in [0.3, 0.4) is 0 Å². The first-order chi connectivity index (χ1) is 13.3. The average molecular weight is 491 g/mol. The van der Waals surface area contributed by atoms with E-state index in [0.29, 0.717) is 11.4 Å². The predicted molar refractivity (Wildman–Crippen MR) is 117 cm³/mol. The van der Waals surface area contributed by atoms with Gasteiger partial charge < -0.3 is 19.6 Å². The van der Waals surface area contributed by atoms with Gasteiger partial charge in [-0.2, -0.15) is 0 Å². The molecule has 28 heavy (non-hydrogen) atoms. The van der Waals surface area contributed by atoms with Crippen molar-refractivity contribution < 1.29 is 19.1 Å². The van der Waals surface area contributed by atoms with Crippen molar-refractivity contribution in [3.05, 3.63) is 74.7 Å². The fraction of sp³-hybridized carbons (Fsp3) is 0.227. The van der Waals surface area contributed by atoms with E-state index in [2.05, 4.69) is 27.9 Å². The summed E-state index contributed by atoms with van der Waals surface area (Å²) in [6.07, 6.45) is 0. The zero-order valence-electron chi connectivity index (χ0n) is 16.0. The molecule has 0 bridgehead atoms. The molecule has 5 nitrogen and oxygen atoms in total. The van der Waals surface area contributed by atoms with E-state index in [-0.39, 0.29) is 29.9 Å². The van der Waals surface area contributed by atoms with E-state index >= 15 is 0 Å². The summed E-state index contributed by atoms with van der Waals surface area (Å²) in [5.74, 6) is 1.55. The summed E-state index contributed by atoms with van der Waals surface area (Å²) in [5, 5.41) is 12.9. The maximum absolute atomic E-state index is 12.5. The Balaban J connectivity index is 1.67. The van der Waals surface area contributed by atoms with Crippen molar-refractivity contribution >= 4 is 34.2 Å². The normalized spacial score (nSPS) is 10.9. The number of carbonyl (C=O) groups excluding carboxylic acids is 1. The Morgan fingerprint density at radius 3 is 2.57 bits per heavy atom. The smallest absolute Gasteiger partial charge is 0.291 e. The average Bonchev–Trinajstić information content (AvgIpc) is 3.12. The molecule has 0 unspecified atom stereocenters. The van der Waals surface area contributed by atoms with E-state index in [4.69, 9.17) is 9.15 Å². The van der Waals surface area contributed by atoms with E-state index < -0.39 is 0 Å². The van der Waals surface area contributed by atoms with E-state index in [1.54, 1.807) is 24.3 Å². The van der Waals surface area contributed by atoms with Crippen LogP contribution in [-0.4, -0.2) is 11.0 Å². The molecule has 6 heteroatoms. The van der Waals surface area contributed by atoms with Crippen molar-refractivity contribution in [1.29, 1.82) is 0 Å². The summed E-state index contributed by atoms with van der Waals surface area (Å²) in [7, 11) is 0. The van der Waals surface area contributed by atoms with Crippen molar-refractivity contribution in [2.75, 3.05) is 5.32 Å². The summed E-state index contributed by atoms with van der Waals surface area (Å²) < 4.78 is 12.4. The number of anilines is 1. The third-order valence-electron chi connectivity index (χ3n) is 4.32. The highest BCUT2D eigenvalue weighted by Crippen LogP contribution is 2.31. The fourth-order valence-electron chi connectivity index (χ4n) is 2.75. The molecule has 1 aromatic heterocycles. The Kier molecular flexibility index (Phi) is 6.28. The highest BCUT2D eigenvalue weighted by molar-refractivity contribution is 14.1. The number of rotatable bonds is 6. The Labute approximate surface area is 177 Å². The van der Waals surface area contributed by atoms with Crippen LogP contribution in [-0.2, 0) is 6.61 Å². The SMILES string of the molecule is Cc1cc(O)c(C(C)C)cc1NC(=O)c1ccc(COc2ccc(I)cc2)o1. The molecule has 0 saturated heterocycles. The van der Waals surface area contributed by atoms with Crippen molar-refractivity contribution in [2.24, 2.45) is 0 Å². The minimum atomic E-state index is -0.344. The second-order valence-corrected chi connectivity index (χ2v) is 8.09. The van der Waals surface area contributed by atoms with Gasteiger partial charge in [0.05, 0.1) is 0 Å². The van der Waals surface area contributed by atoms with E-state index in [1.807, 2.05) is 45.0 Å². The van der Waals surface area contributed by atoms with E-state index in [9.17, 15) is 9.90 Å². The van der Waals surface area contributed by atoms with E-state index in [1.165, 1.54) is 0 Å². The lowest BCUT2D eigenvalue weighted by Gasteiger charge is -2.14. The third kappa shape index (κ3) is 4.86. The number of halogens is 1. The lowest BCUT2D eigenvalue weighted by Crippen LogP contribution is -2.12. The first-order valence-electron chi connectivity index (χ1n) is 8.95. The van der Waals surface area contributed by atoms with Gasteiger partial charge in [-0.05, 0) is 95.1 Å². The molecule has 2 N–H and O–H groups in total. The third-order valence-corrected chi connectivity index (χ3v) is 5.04. The molecular formula is C22H22INO4. The number of amides is 1. The second kappa shape index (κ2) is 8.68. The Hall–Kier alpha value is -2.48. The maximum Gasteiger partial charge on any atom is 0.291 e. The number of benzene rings is 2. The predicted octanol–water partition coefficient (Wildman–Crippen LogP) is 5.85. The monoisotopic (exact) mass is 491 g/mol. The first kappa shape index (κ1) is 20.3. The summed E-state index contributed by atoms with van der Waals surface area (Å²) in [6, 6.07) is 14.5. The van der Waals surface area contributed by atoms with Gasteiger partial charge in [0, 0.05) is 9.26 Å². The first-order valence-corrected chi connectivity index (χ1v) is 10.0. The zero-order valence-corrected chi connectivity index (χ0v) is 18.1. The van der Waals surface area contributed by atoms with Crippen molar-refractivity contribution in [2.45, 2.75) is 33.3 Å². The molecule has 0 aliphatic rings. The topological polar surface area (TPSA) is 71.7 Å². The summed E-state index contributed by atoms with van der Waals surface area (Å²) >= 11 is 2.23. The number of phenolic OH excluding ortho intramolecular Hbond substituents is 1. The molecule has 0 aliphatic carbocycles. The number of hydrogen-bond donors (Lipinski definition) is 2. The van der Waals surface area contributed by atoms with Crippen LogP contribution < -0.4 is 10.1 Å². The number of aromatic hydroxyl groups is 1. The quantitative estimate of drug-likeness (QED) is 0.335. The van der Waals surface area contributed by atoms with Crippen LogP contribution >= 0.6 is 22.6 Å². The molecule has 146 valence electrons. The van der Waals surface area contributed by atoms with Gasteiger partial charge in [0.2, 0.25) is 0 Å². The van der Waals surface area contributed by atoms with Crippen molar-refractivity contribution in [3.8, 4) is 11.5 Å². The van der Waals surface area contributed by atoms with Gasteiger partial charge >= 0.3 is 0 Å². The molecule has 0 spiro atoms. The summed E-state index contributed by atoms with van der Waals surface area (Å²) in [5.41, 5.74) is 2.22. The van der Waals surface area contributed by atoms with Gasteiger partial charge in [-0.25, -0.2) is 0 Å². The second-order valence-electron chi connectivity index (χ2n) is 6.84. The number of aryl methyl sites for hydroxylation is 1. The van der Waals surface area contributed by atoms with Crippen LogP contribution in [0.5, 0.6) is 11.5 Å². The lowest BCUT2D eigenvalue weighted by atomic mass is 9.99. The standard InChI is InChI=1S/C22H22INO4/c1-13(2)18-11-19(14(3)10-20(18)25)24-22(26)21-9-8-17(28-21)12-27-16-6-4-15(23)5-7-16/h4-11,13,25H,12H2,1-3H3,(H,24,26). The number of nitrogens with one attached hydrogen (secondary N) is 1. The van der Waals surface area contributed by atoms with Gasteiger partial charge in [-0.15, -0.1) is 0 Å². The van der Waals surface area contributed by atoms with Crippen molar-refractivity contribution in [1.82, 2.24) is 0 Å². The number of carbonyl (C=O) groups is 1. The van der Waals surface area contributed by atoms with Crippen molar-refractivity contribution in [3.63, 3.8) is 0 Å². The summed E-state index contributed by atoms with van der Waals surface area (Å²) in [4.78, 5) is 12.5. The van der Waals surface area contributed by atoms with Gasteiger partial charge in [0.15, 0.2) is 5.76 Å². The van der Waals surface area contributed by atoms with Gasteiger partial charge in [0.25, 0.3) is 5.91 Å². The highest BCUT2D eigenvalue weighted by Gasteiger charge is 2.15. The molecule has 0 fully saturated rings. The number of furan rings is 1. The van der Waals surface area contributed by atoms with Crippen LogP contribution in [0.1, 0.15) is 47.2 Å². The molecule has 2 aromatic carbocycles. The largest absolute Gasteiger partial charge is 0.508 e. The zero-order chi connectivity index (χ0) is 20.3. The molecular weight excluding hydrogens is 469 g/mol. The van der Waals surface area contributed by atoms with Crippen LogP contribution in [0.2, 0.25) is 0 Å².